The van der Waals surface area contributed by atoms with E-state index in [1.807, 2.05) is 0 Å². The van der Waals surface area contributed by atoms with Crippen molar-refractivity contribution in [1.29, 1.82) is 0 Å². The largest absolute Gasteiger partial charge is 0.127 e. The normalized spacial score (nSPS) is 6.50. The first-order valence-electron chi connectivity index (χ1n) is 2.30. The van der Waals surface area contributed by atoms with E-state index in [0.29, 0.717) is 0 Å². The van der Waals surface area contributed by atoms with E-state index in [0.717, 1.165) is 18.7 Å². The molecule has 0 heterocycles. The average Bonchev–Trinajstić information content (AvgIpc) is 1.71. The molecule has 1 radical (unpaired) electrons. The maximum atomic E-state index is 5.26. The van der Waals surface area contributed by atoms with Crippen molar-refractivity contribution in [1.82, 2.24) is 0 Å². The molecule has 47 valence electrons. The molecule has 0 saturated carbocycles. The minimum Gasteiger partial charge on any atom is -0.127 e. The molecule has 0 fully saturated rings. The summed E-state index contributed by atoms with van der Waals surface area (Å²) in [5.41, 5.74) is 0. The molecular weight excluding hydrogens is 309 g/mol. The Bertz CT molecular complexity index is 28.0. The van der Waals surface area contributed by atoms with Crippen molar-refractivity contribution >= 4 is 38.8 Å². The van der Waals surface area contributed by atoms with Gasteiger partial charge < -0.3 is 0 Å². The number of hydrogen-bond acceptors (Lipinski definition) is 0. The molecule has 8 heavy (non-hydrogen) atoms. The second kappa shape index (κ2) is 15.9. The second-order valence-electron chi connectivity index (χ2n) is 0.997. The average molecular weight is 317 g/mol. The number of hydrogen-bond donors (Lipinski definition) is 0. The molecule has 0 atom stereocenters. The van der Waals surface area contributed by atoms with E-state index in [-0.39, 0.29) is 13.2 Å². The fourth-order valence-corrected chi connectivity index (χ4v) is 0.283. The van der Waals surface area contributed by atoms with Gasteiger partial charge in [0.25, 0.3) is 0 Å². The van der Waals surface area contributed by atoms with Gasteiger partial charge in [-0.25, -0.2) is 0 Å². The predicted molar refractivity (Wildman–Crippen MR) is 43.2 cm³/mol. The van der Waals surface area contributed by atoms with Gasteiger partial charge in [0, 0.05) is 5.88 Å². The van der Waals surface area contributed by atoms with E-state index in [9.17, 15) is 0 Å². The Morgan fingerprint density at radius 1 is 1.50 bits per heavy atom. The van der Waals surface area contributed by atoms with Gasteiger partial charge in [0.1, 0.15) is 0 Å². The van der Waals surface area contributed by atoms with Gasteiger partial charge in [0.15, 0.2) is 0 Å². The molecule has 0 amide bonds. The van der Waals surface area contributed by atoms with E-state index in [1.54, 1.807) is 0 Å². The Balaban J connectivity index is 0. The maximum absolute atomic E-state index is 5.26. The van der Waals surface area contributed by atoms with E-state index in [4.69, 9.17) is 11.6 Å². The molecule has 0 aliphatic heterocycles. The van der Waals surface area contributed by atoms with Gasteiger partial charge in [-0.1, -0.05) is 13.3 Å². The van der Waals surface area contributed by atoms with Crippen LogP contribution in [-0.2, 0) is 13.2 Å². The van der Waals surface area contributed by atoms with Crippen molar-refractivity contribution in [2.75, 3.05) is 5.88 Å². The summed E-state index contributed by atoms with van der Waals surface area (Å²) >= 11 is 11.5. The molecule has 0 aromatic carbocycles. The predicted octanol–water partition coefficient (Wildman–Crippen LogP) is 3.53. The smallest absolute Gasteiger partial charge is 0.0223 e. The third kappa shape index (κ3) is 24.8. The zero-order valence-corrected chi connectivity index (χ0v) is 11.6. The van der Waals surface area contributed by atoms with Gasteiger partial charge >= 0.3 is 40.5 Å². The second-order valence-corrected chi connectivity index (χ2v) is 15.4. The molecule has 0 rings (SSSR count). The van der Waals surface area contributed by atoms with E-state index in [2.05, 4.69) is 34.2 Å². The molecule has 0 N–H and O–H groups in total. The molecule has 0 aliphatic carbocycles. The zero-order chi connectivity index (χ0) is 6.83. The quantitative estimate of drug-likeness (QED) is 0.540. The number of unbranched alkanes of at least 4 members (excludes halogenated alkanes) is 1. The third-order valence-corrected chi connectivity index (χ3v) is 0.651. The Labute approximate surface area is 77.1 Å². The molecule has 0 saturated heterocycles. The number of rotatable bonds is 2. The van der Waals surface area contributed by atoms with Crippen LogP contribution in [0.5, 0.6) is 0 Å². The van der Waals surface area contributed by atoms with Crippen LogP contribution in [0, 0.1) is 6.92 Å². The SMILES string of the molecule is [Br][Zn][Br].[CH2]CCCCl. The molecule has 0 aromatic rings. The molecule has 4 heteroatoms. The molecule has 0 aliphatic rings. The van der Waals surface area contributed by atoms with Crippen LogP contribution < -0.4 is 0 Å². The van der Waals surface area contributed by atoms with E-state index < -0.39 is 0 Å². The monoisotopic (exact) mass is 313 g/mol. The molecule has 0 spiro atoms. The van der Waals surface area contributed by atoms with Gasteiger partial charge in [-0.15, -0.1) is 11.6 Å². The standard InChI is InChI=1S/C4H8Cl.2BrH.Zn/c1-2-3-4-5;;;/h1-4H2;2*1H;/q;;;+2/p-2. The number of alkyl halides is 1. The summed E-state index contributed by atoms with van der Waals surface area (Å²) in [6.45, 7) is 3.59. The van der Waals surface area contributed by atoms with Crippen LogP contribution in [-0.4, -0.2) is 5.88 Å². The van der Waals surface area contributed by atoms with Crippen molar-refractivity contribution in [3.05, 3.63) is 6.92 Å². The summed E-state index contributed by atoms with van der Waals surface area (Å²) < 4.78 is 0. The van der Waals surface area contributed by atoms with Gasteiger partial charge in [-0.3, -0.25) is 0 Å². The topological polar surface area (TPSA) is 0 Å². The molecular formula is C4H8Br2ClZn. The fraction of sp³-hybridized carbons (Fsp3) is 0.750. The molecule has 0 unspecified atom stereocenters. The van der Waals surface area contributed by atoms with Crippen LogP contribution in [0.25, 0.3) is 0 Å². The summed E-state index contributed by atoms with van der Waals surface area (Å²) in [5.74, 6) is 0.753. The third-order valence-electron chi connectivity index (χ3n) is 0.384. The first-order chi connectivity index (χ1) is 3.83. The first kappa shape index (κ1) is 12.5. The Kier molecular flexibility index (Phi) is 25.0. The van der Waals surface area contributed by atoms with Crippen LogP contribution in [0.15, 0.2) is 0 Å². The summed E-state index contributed by atoms with van der Waals surface area (Å²) in [7, 11) is 0. The van der Waals surface area contributed by atoms with Crippen LogP contribution in [0.2, 0.25) is 0 Å². The minimum atomic E-state index is -0.250. The van der Waals surface area contributed by atoms with Gasteiger partial charge in [-0.2, -0.15) is 0 Å². The van der Waals surface area contributed by atoms with Crippen molar-refractivity contribution in [3.63, 3.8) is 0 Å². The van der Waals surface area contributed by atoms with Crippen molar-refractivity contribution in [2.24, 2.45) is 0 Å². The van der Waals surface area contributed by atoms with Crippen LogP contribution in [0.3, 0.4) is 0 Å². The maximum Gasteiger partial charge on any atom is 0.0223 e. The van der Waals surface area contributed by atoms with Crippen molar-refractivity contribution in [3.8, 4) is 0 Å². The fourth-order valence-electron chi connectivity index (χ4n) is 0.0945. The van der Waals surface area contributed by atoms with E-state index in [1.165, 1.54) is 0 Å². The summed E-state index contributed by atoms with van der Waals surface area (Å²) in [6.07, 6.45) is 2.01. The van der Waals surface area contributed by atoms with Gasteiger partial charge in [0.2, 0.25) is 0 Å². The molecule has 0 aromatic heterocycles. The Morgan fingerprint density at radius 2 is 1.88 bits per heavy atom. The zero-order valence-electron chi connectivity index (χ0n) is 4.67. The van der Waals surface area contributed by atoms with Gasteiger partial charge in [-0.05, 0) is 6.42 Å². The van der Waals surface area contributed by atoms with E-state index >= 15 is 0 Å². The minimum absolute atomic E-state index is 0.250. The van der Waals surface area contributed by atoms with Crippen molar-refractivity contribution in [2.45, 2.75) is 12.8 Å². The van der Waals surface area contributed by atoms with Crippen LogP contribution >= 0.6 is 38.8 Å². The Morgan fingerprint density at radius 3 is 1.88 bits per heavy atom. The first-order valence-corrected chi connectivity index (χ1v) is 16.7. The van der Waals surface area contributed by atoms with Gasteiger partial charge in [0.05, 0.1) is 0 Å². The van der Waals surface area contributed by atoms with Crippen LogP contribution in [0.1, 0.15) is 12.8 Å². The molecule has 0 bridgehead atoms. The van der Waals surface area contributed by atoms with Crippen molar-refractivity contribution < 1.29 is 13.2 Å². The summed E-state index contributed by atoms with van der Waals surface area (Å²) in [5, 5.41) is 0. The van der Waals surface area contributed by atoms with Crippen LogP contribution in [0.4, 0.5) is 0 Å². The molecule has 0 nitrogen and oxygen atoms in total. The summed E-state index contributed by atoms with van der Waals surface area (Å²) in [4.78, 5) is 0. The summed E-state index contributed by atoms with van der Waals surface area (Å²) in [6, 6.07) is 0. The number of halogens is 3. The Hall–Kier alpha value is 1.87.